The van der Waals surface area contributed by atoms with Gasteiger partial charge in [0.05, 0.1) is 10.6 Å². The van der Waals surface area contributed by atoms with Crippen LogP contribution in [0.25, 0.3) is 10.9 Å². The zero-order valence-corrected chi connectivity index (χ0v) is 18.5. The fourth-order valence-electron chi connectivity index (χ4n) is 4.38. The SMILES string of the molecule is CCN1CCN(C(=O)CC(c2ccc(Cl)c(C(F)(F)F)c2)c2c[nH]c3ccccc23)CC1. The molecule has 1 amide bonds. The number of H-pyrrole nitrogens is 1. The summed E-state index contributed by atoms with van der Waals surface area (Å²) in [5.74, 6) is -0.583. The van der Waals surface area contributed by atoms with Crippen molar-refractivity contribution < 1.29 is 18.0 Å². The number of piperazine rings is 1. The summed E-state index contributed by atoms with van der Waals surface area (Å²) >= 11 is 5.85. The highest BCUT2D eigenvalue weighted by Crippen LogP contribution is 2.40. The molecule has 0 radical (unpaired) electrons. The molecule has 1 saturated heterocycles. The molecule has 32 heavy (non-hydrogen) atoms. The van der Waals surface area contributed by atoms with E-state index in [2.05, 4.69) is 16.8 Å². The Balaban J connectivity index is 1.71. The van der Waals surface area contributed by atoms with E-state index < -0.39 is 17.7 Å². The van der Waals surface area contributed by atoms with Gasteiger partial charge < -0.3 is 14.8 Å². The number of nitrogens with one attached hydrogen (secondary N) is 1. The molecule has 1 aliphatic heterocycles. The molecule has 8 heteroatoms. The van der Waals surface area contributed by atoms with E-state index in [9.17, 15) is 18.0 Å². The van der Waals surface area contributed by atoms with E-state index in [-0.39, 0.29) is 17.4 Å². The number of halogens is 4. The van der Waals surface area contributed by atoms with Gasteiger partial charge in [-0.15, -0.1) is 0 Å². The minimum Gasteiger partial charge on any atom is -0.361 e. The third kappa shape index (κ3) is 4.64. The molecule has 3 aromatic rings. The first-order valence-electron chi connectivity index (χ1n) is 10.7. The van der Waals surface area contributed by atoms with Gasteiger partial charge in [-0.3, -0.25) is 4.79 Å². The van der Waals surface area contributed by atoms with Gasteiger partial charge in [0.15, 0.2) is 0 Å². The van der Waals surface area contributed by atoms with Crippen molar-refractivity contribution in [1.29, 1.82) is 0 Å². The molecule has 2 aromatic carbocycles. The second-order valence-corrected chi connectivity index (χ2v) is 8.51. The Bertz CT molecular complexity index is 1100. The van der Waals surface area contributed by atoms with Gasteiger partial charge in [0.1, 0.15) is 0 Å². The molecule has 0 saturated carbocycles. The molecule has 4 rings (SSSR count). The topological polar surface area (TPSA) is 39.3 Å². The zero-order valence-electron chi connectivity index (χ0n) is 17.8. The van der Waals surface area contributed by atoms with Crippen molar-refractivity contribution in [2.24, 2.45) is 0 Å². The predicted molar refractivity (Wildman–Crippen MR) is 120 cm³/mol. The van der Waals surface area contributed by atoms with E-state index in [0.29, 0.717) is 18.7 Å². The molecule has 1 aliphatic rings. The quantitative estimate of drug-likeness (QED) is 0.540. The van der Waals surface area contributed by atoms with Gasteiger partial charge in [0, 0.05) is 55.6 Å². The first-order chi connectivity index (χ1) is 15.3. The minimum absolute atomic E-state index is 0.0560. The number of benzene rings is 2. The summed E-state index contributed by atoms with van der Waals surface area (Å²) in [6.45, 7) is 5.88. The van der Waals surface area contributed by atoms with Crippen LogP contribution in [0.1, 0.15) is 36.0 Å². The number of carbonyl (C=O) groups excluding carboxylic acids is 1. The van der Waals surface area contributed by atoms with Crippen LogP contribution in [0.2, 0.25) is 5.02 Å². The Hall–Kier alpha value is -2.51. The lowest BCUT2D eigenvalue weighted by Crippen LogP contribution is -2.48. The maximum atomic E-state index is 13.5. The lowest BCUT2D eigenvalue weighted by atomic mass is 9.87. The van der Waals surface area contributed by atoms with Gasteiger partial charge in [-0.25, -0.2) is 0 Å². The average Bonchev–Trinajstić information content (AvgIpc) is 3.21. The lowest BCUT2D eigenvalue weighted by molar-refractivity contribution is -0.137. The molecular formula is C24H25ClF3N3O. The Kier molecular flexibility index (Phi) is 6.49. The molecule has 1 unspecified atom stereocenters. The second kappa shape index (κ2) is 9.16. The smallest absolute Gasteiger partial charge is 0.361 e. The van der Waals surface area contributed by atoms with Crippen LogP contribution in [-0.4, -0.2) is 53.4 Å². The summed E-state index contributed by atoms with van der Waals surface area (Å²) in [5.41, 5.74) is 1.22. The average molecular weight is 464 g/mol. The number of hydrogen-bond acceptors (Lipinski definition) is 2. The summed E-state index contributed by atoms with van der Waals surface area (Å²) in [6.07, 6.45) is -2.69. The number of para-hydroxylation sites is 1. The number of likely N-dealkylation sites (N-methyl/N-ethyl adjacent to an activating group) is 1. The van der Waals surface area contributed by atoms with Crippen molar-refractivity contribution in [3.8, 4) is 0 Å². The van der Waals surface area contributed by atoms with E-state index in [4.69, 9.17) is 11.6 Å². The zero-order chi connectivity index (χ0) is 22.9. The van der Waals surface area contributed by atoms with Crippen LogP contribution in [0.5, 0.6) is 0 Å². The molecule has 2 heterocycles. The highest BCUT2D eigenvalue weighted by molar-refractivity contribution is 6.31. The van der Waals surface area contributed by atoms with Gasteiger partial charge >= 0.3 is 6.18 Å². The van der Waals surface area contributed by atoms with Gasteiger partial charge in [-0.05, 0) is 35.9 Å². The number of fused-ring (bicyclic) bond motifs is 1. The van der Waals surface area contributed by atoms with Crippen molar-refractivity contribution in [2.75, 3.05) is 32.7 Å². The van der Waals surface area contributed by atoms with Crippen LogP contribution in [0.15, 0.2) is 48.7 Å². The maximum Gasteiger partial charge on any atom is 0.417 e. The van der Waals surface area contributed by atoms with Gasteiger partial charge in [-0.1, -0.05) is 42.8 Å². The Morgan fingerprint density at radius 3 is 2.53 bits per heavy atom. The summed E-state index contributed by atoms with van der Waals surface area (Å²) in [7, 11) is 0. The molecule has 0 spiro atoms. The van der Waals surface area contributed by atoms with Crippen LogP contribution in [0, 0.1) is 0 Å². The largest absolute Gasteiger partial charge is 0.417 e. The van der Waals surface area contributed by atoms with Crippen LogP contribution < -0.4 is 0 Å². The molecular weight excluding hydrogens is 439 g/mol. The molecule has 0 aliphatic carbocycles. The number of nitrogens with zero attached hydrogens (tertiary/aromatic N) is 2. The predicted octanol–water partition coefficient (Wildman–Crippen LogP) is 5.53. The molecule has 0 bridgehead atoms. The highest BCUT2D eigenvalue weighted by atomic mass is 35.5. The minimum atomic E-state index is -4.57. The van der Waals surface area contributed by atoms with Crippen LogP contribution >= 0.6 is 11.6 Å². The summed E-state index contributed by atoms with van der Waals surface area (Å²) in [6, 6.07) is 11.5. The molecule has 1 N–H and O–H groups in total. The van der Waals surface area contributed by atoms with E-state index in [1.807, 2.05) is 29.2 Å². The van der Waals surface area contributed by atoms with Crippen LogP contribution in [0.3, 0.4) is 0 Å². The third-order valence-corrected chi connectivity index (χ3v) is 6.58. The van der Waals surface area contributed by atoms with E-state index >= 15 is 0 Å². The number of hydrogen-bond donors (Lipinski definition) is 1. The molecule has 170 valence electrons. The first-order valence-corrected chi connectivity index (χ1v) is 11.1. The normalized spacial score (nSPS) is 16.5. The van der Waals surface area contributed by atoms with E-state index in [1.54, 1.807) is 12.3 Å². The number of aromatic amines is 1. The number of aromatic nitrogens is 1. The molecule has 1 fully saturated rings. The Morgan fingerprint density at radius 1 is 1.12 bits per heavy atom. The van der Waals surface area contributed by atoms with Crippen molar-refractivity contribution in [3.63, 3.8) is 0 Å². The monoisotopic (exact) mass is 463 g/mol. The van der Waals surface area contributed by atoms with Crippen molar-refractivity contribution in [2.45, 2.75) is 25.4 Å². The van der Waals surface area contributed by atoms with Crippen LogP contribution in [0.4, 0.5) is 13.2 Å². The standard InChI is InChI=1S/C24H25ClF3N3O/c1-2-30-9-11-31(12-10-30)23(32)14-18(19-15-29-22-6-4-3-5-17(19)22)16-7-8-21(25)20(13-16)24(26,27)28/h3-8,13,15,18,29H,2,9-12,14H2,1H3. The lowest BCUT2D eigenvalue weighted by Gasteiger charge is -2.35. The Morgan fingerprint density at radius 2 is 1.84 bits per heavy atom. The number of alkyl halides is 3. The summed E-state index contributed by atoms with van der Waals surface area (Å²) < 4.78 is 40.6. The van der Waals surface area contributed by atoms with Gasteiger partial charge in [0.2, 0.25) is 5.91 Å². The summed E-state index contributed by atoms with van der Waals surface area (Å²) in [5, 5.41) is 0.547. The molecule has 1 aromatic heterocycles. The second-order valence-electron chi connectivity index (χ2n) is 8.10. The maximum absolute atomic E-state index is 13.5. The number of carbonyl (C=O) groups is 1. The van der Waals surface area contributed by atoms with Gasteiger partial charge in [0.25, 0.3) is 0 Å². The fourth-order valence-corrected chi connectivity index (χ4v) is 4.61. The molecule has 1 atom stereocenters. The van der Waals surface area contributed by atoms with Crippen molar-refractivity contribution in [1.82, 2.24) is 14.8 Å². The van der Waals surface area contributed by atoms with Gasteiger partial charge in [-0.2, -0.15) is 13.2 Å². The number of amides is 1. The van der Waals surface area contributed by atoms with Crippen LogP contribution in [-0.2, 0) is 11.0 Å². The fraction of sp³-hybridized carbons (Fsp3) is 0.375. The van der Waals surface area contributed by atoms with E-state index in [0.717, 1.165) is 42.2 Å². The molecule has 4 nitrogen and oxygen atoms in total. The Labute approximate surface area is 190 Å². The summed E-state index contributed by atoms with van der Waals surface area (Å²) in [4.78, 5) is 20.5. The van der Waals surface area contributed by atoms with Crippen molar-refractivity contribution in [3.05, 3.63) is 70.4 Å². The first kappa shape index (κ1) is 22.7. The highest BCUT2D eigenvalue weighted by Gasteiger charge is 2.35. The number of rotatable bonds is 5. The van der Waals surface area contributed by atoms with E-state index in [1.165, 1.54) is 6.07 Å². The third-order valence-electron chi connectivity index (χ3n) is 6.25. The van der Waals surface area contributed by atoms with Crippen molar-refractivity contribution >= 4 is 28.4 Å².